The van der Waals surface area contributed by atoms with Gasteiger partial charge in [0.2, 0.25) is 5.91 Å². The van der Waals surface area contributed by atoms with E-state index in [1.54, 1.807) is 24.3 Å². The van der Waals surface area contributed by atoms with Crippen LogP contribution in [0.4, 0.5) is 0 Å². The standard InChI is InChI=1S/C19H20ClNO3/c20-17-10-6-14(7-11-17)2-1-3-18(22)21-13-12-15-4-8-16(9-5-15)19(23)24/h4-11H,1-3,12-13H2,(H,21,22)(H,23,24). The molecule has 0 unspecified atom stereocenters. The van der Waals surface area contributed by atoms with E-state index in [0.29, 0.717) is 24.4 Å². The third kappa shape index (κ3) is 6.05. The molecule has 5 heteroatoms. The van der Waals surface area contributed by atoms with Gasteiger partial charge < -0.3 is 10.4 Å². The third-order valence-corrected chi connectivity index (χ3v) is 3.97. The zero-order chi connectivity index (χ0) is 17.4. The number of amides is 1. The van der Waals surface area contributed by atoms with E-state index in [0.717, 1.165) is 18.4 Å². The average molecular weight is 346 g/mol. The van der Waals surface area contributed by atoms with Crippen molar-refractivity contribution in [3.63, 3.8) is 0 Å². The van der Waals surface area contributed by atoms with Crippen LogP contribution in [0.15, 0.2) is 48.5 Å². The van der Waals surface area contributed by atoms with E-state index in [-0.39, 0.29) is 11.5 Å². The fraction of sp³-hybridized carbons (Fsp3) is 0.263. The minimum absolute atomic E-state index is 0.0334. The van der Waals surface area contributed by atoms with E-state index in [9.17, 15) is 9.59 Å². The topological polar surface area (TPSA) is 66.4 Å². The molecule has 0 saturated carbocycles. The molecule has 126 valence electrons. The van der Waals surface area contributed by atoms with Gasteiger partial charge in [-0.05, 0) is 54.7 Å². The van der Waals surface area contributed by atoms with E-state index >= 15 is 0 Å². The van der Waals surface area contributed by atoms with E-state index in [1.165, 1.54) is 5.56 Å². The van der Waals surface area contributed by atoms with Crippen LogP contribution < -0.4 is 5.32 Å². The summed E-state index contributed by atoms with van der Waals surface area (Å²) < 4.78 is 0. The summed E-state index contributed by atoms with van der Waals surface area (Å²) in [6.07, 6.45) is 2.81. The summed E-state index contributed by atoms with van der Waals surface area (Å²) in [5.41, 5.74) is 2.44. The smallest absolute Gasteiger partial charge is 0.335 e. The molecule has 2 aromatic carbocycles. The second-order valence-electron chi connectivity index (χ2n) is 5.58. The van der Waals surface area contributed by atoms with Crippen LogP contribution in [0.2, 0.25) is 5.02 Å². The van der Waals surface area contributed by atoms with E-state index < -0.39 is 5.97 Å². The molecule has 1 amide bonds. The number of aromatic carboxylic acids is 1. The fourth-order valence-corrected chi connectivity index (χ4v) is 2.48. The Hall–Kier alpha value is -2.33. The molecule has 0 fully saturated rings. The molecule has 0 bridgehead atoms. The summed E-state index contributed by atoms with van der Waals surface area (Å²) >= 11 is 5.83. The van der Waals surface area contributed by atoms with Crippen LogP contribution in [0.25, 0.3) is 0 Å². The first-order chi connectivity index (χ1) is 11.5. The highest BCUT2D eigenvalue weighted by atomic mass is 35.5. The summed E-state index contributed by atoms with van der Waals surface area (Å²) in [5.74, 6) is -0.901. The van der Waals surface area contributed by atoms with Gasteiger partial charge in [0.1, 0.15) is 0 Å². The molecule has 2 aromatic rings. The first-order valence-electron chi connectivity index (χ1n) is 7.88. The molecule has 4 nitrogen and oxygen atoms in total. The van der Waals surface area contributed by atoms with Crippen LogP contribution in [0.5, 0.6) is 0 Å². The molecule has 0 saturated heterocycles. The van der Waals surface area contributed by atoms with E-state index in [1.807, 2.05) is 24.3 Å². The van der Waals surface area contributed by atoms with Crippen LogP contribution in [0.1, 0.15) is 34.3 Å². The molecule has 0 radical (unpaired) electrons. The molecular weight excluding hydrogens is 326 g/mol. The van der Waals surface area contributed by atoms with E-state index in [2.05, 4.69) is 5.32 Å². The van der Waals surface area contributed by atoms with Gasteiger partial charge in [-0.3, -0.25) is 4.79 Å². The van der Waals surface area contributed by atoms with Crippen molar-refractivity contribution in [1.29, 1.82) is 0 Å². The lowest BCUT2D eigenvalue weighted by molar-refractivity contribution is -0.121. The van der Waals surface area contributed by atoms with Gasteiger partial charge in [0.15, 0.2) is 0 Å². The molecule has 0 atom stereocenters. The van der Waals surface area contributed by atoms with Crippen molar-refractivity contribution in [3.8, 4) is 0 Å². The molecule has 0 heterocycles. The maximum atomic E-state index is 11.8. The van der Waals surface area contributed by atoms with Crippen molar-refractivity contribution in [2.45, 2.75) is 25.7 Å². The molecular formula is C19H20ClNO3. The Balaban J connectivity index is 1.64. The van der Waals surface area contributed by atoms with Gasteiger partial charge in [-0.2, -0.15) is 0 Å². The Morgan fingerprint density at radius 1 is 0.917 bits per heavy atom. The van der Waals surface area contributed by atoms with Gasteiger partial charge in [-0.15, -0.1) is 0 Å². The molecule has 0 aliphatic heterocycles. The average Bonchev–Trinajstić information content (AvgIpc) is 2.57. The summed E-state index contributed by atoms with van der Waals surface area (Å²) in [4.78, 5) is 22.6. The van der Waals surface area contributed by atoms with Gasteiger partial charge in [0, 0.05) is 18.0 Å². The SMILES string of the molecule is O=C(CCCc1ccc(Cl)cc1)NCCc1ccc(C(=O)O)cc1. The molecule has 2 N–H and O–H groups in total. The predicted octanol–water partition coefficient (Wildman–Crippen LogP) is 3.72. The maximum absolute atomic E-state index is 11.8. The second kappa shape index (κ2) is 9.08. The summed E-state index contributed by atoms with van der Waals surface area (Å²) in [7, 11) is 0. The van der Waals surface area contributed by atoms with Crippen molar-refractivity contribution in [2.75, 3.05) is 6.54 Å². The molecule has 0 aromatic heterocycles. The summed E-state index contributed by atoms with van der Waals surface area (Å²) in [6.45, 7) is 0.548. The molecule has 0 spiro atoms. The lowest BCUT2D eigenvalue weighted by Gasteiger charge is -2.06. The van der Waals surface area contributed by atoms with Crippen molar-refractivity contribution in [1.82, 2.24) is 5.32 Å². The van der Waals surface area contributed by atoms with Crippen LogP contribution in [0, 0.1) is 0 Å². The second-order valence-corrected chi connectivity index (χ2v) is 6.02. The number of rotatable bonds is 8. The minimum Gasteiger partial charge on any atom is -0.478 e. The molecule has 0 aliphatic carbocycles. The highest BCUT2D eigenvalue weighted by Gasteiger charge is 2.04. The van der Waals surface area contributed by atoms with Crippen LogP contribution in [-0.2, 0) is 17.6 Å². The highest BCUT2D eigenvalue weighted by molar-refractivity contribution is 6.30. The quantitative estimate of drug-likeness (QED) is 0.766. The van der Waals surface area contributed by atoms with E-state index in [4.69, 9.17) is 16.7 Å². The number of benzene rings is 2. The third-order valence-electron chi connectivity index (χ3n) is 3.72. The zero-order valence-corrected chi connectivity index (χ0v) is 14.1. The number of carbonyl (C=O) groups excluding carboxylic acids is 1. The predicted molar refractivity (Wildman–Crippen MR) is 94.5 cm³/mol. The largest absolute Gasteiger partial charge is 0.478 e. The monoisotopic (exact) mass is 345 g/mol. The fourth-order valence-electron chi connectivity index (χ4n) is 2.35. The first kappa shape index (κ1) is 18.0. The van der Waals surface area contributed by atoms with Crippen LogP contribution >= 0.6 is 11.6 Å². The number of hydrogen-bond acceptors (Lipinski definition) is 2. The van der Waals surface area contributed by atoms with Crippen LogP contribution in [0.3, 0.4) is 0 Å². The number of nitrogens with one attached hydrogen (secondary N) is 1. The van der Waals surface area contributed by atoms with Gasteiger partial charge in [-0.25, -0.2) is 4.79 Å². The molecule has 0 aliphatic rings. The highest BCUT2D eigenvalue weighted by Crippen LogP contribution is 2.11. The van der Waals surface area contributed by atoms with Gasteiger partial charge in [-0.1, -0.05) is 35.9 Å². The number of carbonyl (C=O) groups is 2. The van der Waals surface area contributed by atoms with Crippen molar-refractivity contribution < 1.29 is 14.7 Å². The first-order valence-corrected chi connectivity index (χ1v) is 8.26. The number of aryl methyl sites for hydroxylation is 1. The number of halogens is 1. The lowest BCUT2D eigenvalue weighted by atomic mass is 10.1. The summed E-state index contributed by atoms with van der Waals surface area (Å²) in [6, 6.07) is 14.4. The molecule has 24 heavy (non-hydrogen) atoms. The Kier molecular flexibility index (Phi) is 6.82. The minimum atomic E-state index is -0.935. The lowest BCUT2D eigenvalue weighted by Crippen LogP contribution is -2.25. The van der Waals surface area contributed by atoms with Gasteiger partial charge >= 0.3 is 5.97 Å². The van der Waals surface area contributed by atoms with Gasteiger partial charge in [0.25, 0.3) is 0 Å². The Morgan fingerprint density at radius 2 is 1.50 bits per heavy atom. The number of carboxylic acid groups (broad SMARTS) is 1. The van der Waals surface area contributed by atoms with Crippen molar-refractivity contribution in [3.05, 3.63) is 70.2 Å². The number of carboxylic acids is 1. The maximum Gasteiger partial charge on any atom is 0.335 e. The number of hydrogen-bond donors (Lipinski definition) is 2. The van der Waals surface area contributed by atoms with Gasteiger partial charge in [0.05, 0.1) is 5.56 Å². The summed E-state index contributed by atoms with van der Waals surface area (Å²) in [5, 5.41) is 12.4. The van der Waals surface area contributed by atoms with Crippen molar-refractivity contribution >= 4 is 23.5 Å². The normalized spacial score (nSPS) is 10.4. The zero-order valence-electron chi connectivity index (χ0n) is 13.3. The van der Waals surface area contributed by atoms with Crippen LogP contribution in [-0.4, -0.2) is 23.5 Å². The Bertz CT molecular complexity index is 681. The molecule has 2 rings (SSSR count). The van der Waals surface area contributed by atoms with Crippen molar-refractivity contribution in [2.24, 2.45) is 0 Å². The Labute approximate surface area is 146 Å². The Morgan fingerprint density at radius 3 is 2.12 bits per heavy atom.